The fourth-order valence-corrected chi connectivity index (χ4v) is 4.69. The van der Waals surface area contributed by atoms with Gasteiger partial charge in [0.15, 0.2) is 15.8 Å². The van der Waals surface area contributed by atoms with Crippen molar-refractivity contribution >= 4 is 27.6 Å². The first kappa shape index (κ1) is 22.3. The van der Waals surface area contributed by atoms with Gasteiger partial charge in [-0.2, -0.15) is 0 Å². The average Bonchev–Trinajstić information content (AvgIpc) is 2.69. The van der Waals surface area contributed by atoms with Crippen LogP contribution in [-0.4, -0.2) is 51.9 Å². The Kier molecular flexibility index (Phi) is 8.86. The highest BCUT2D eigenvalue weighted by molar-refractivity contribution is 7.98. The smallest absolute Gasteiger partial charge is 0.193 e. The van der Waals surface area contributed by atoms with Crippen molar-refractivity contribution < 1.29 is 8.42 Å². The molecule has 0 radical (unpaired) electrons. The molecular weight excluding hydrogens is 390 g/mol. The molecule has 2 aromatic rings. The number of hydrogen-bond acceptors (Lipinski definition) is 4. The van der Waals surface area contributed by atoms with E-state index in [1.54, 1.807) is 18.8 Å². The van der Waals surface area contributed by atoms with E-state index in [1.807, 2.05) is 42.3 Å². The van der Waals surface area contributed by atoms with Crippen molar-refractivity contribution in [2.75, 3.05) is 32.6 Å². The van der Waals surface area contributed by atoms with Crippen LogP contribution < -0.4 is 5.32 Å². The zero-order chi connectivity index (χ0) is 20.4. The van der Waals surface area contributed by atoms with Crippen molar-refractivity contribution in [2.45, 2.75) is 23.6 Å². The van der Waals surface area contributed by atoms with Crippen molar-refractivity contribution in [2.24, 2.45) is 4.99 Å². The molecule has 0 aromatic heterocycles. The first-order valence-electron chi connectivity index (χ1n) is 9.22. The maximum atomic E-state index is 12.3. The number of rotatable bonds is 9. The van der Waals surface area contributed by atoms with Crippen LogP contribution in [0, 0.1) is 0 Å². The van der Waals surface area contributed by atoms with Crippen LogP contribution in [0.3, 0.4) is 0 Å². The van der Waals surface area contributed by atoms with Gasteiger partial charge in [-0.3, -0.25) is 4.99 Å². The number of benzene rings is 2. The van der Waals surface area contributed by atoms with Crippen molar-refractivity contribution in [3.8, 4) is 0 Å². The quantitative estimate of drug-likeness (QED) is 0.292. The number of thioether (sulfide) groups is 1. The highest BCUT2D eigenvalue weighted by Gasteiger charge is 2.12. The lowest BCUT2D eigenvalue weighted by Gasteiger charge is -2.22. The first-order chi connectivity index (χ1) is 13.4. The Balaban J connectivity index is 1.78. The fraction of sp³-hybridized carbons (Fsp3) is 0.381. The molecular formula is C21H29N3O2S2. The standard InChI is InChI=1S/C21H29N3O2S2/c1-22-21(24(2)16-18-10-12-20(27-3)13-11-18)23-14-7-15-28(25,26)17-19-8-5-4-6-9-19/h4-6,8-13H,7,14-17H2,1-3H3,(H,22,23). The molecule has 0 atom stereocenters. The number of nitrogens with zero attached hydrogens (tertiary/aromatic N) is 2. The van der Waals surface area contributed by atoms with Gasteiger partial charge in [-0.25, -0.2) is 8.42 Å². The summed E-state index contributed by atoms with van der Waals surface area (Å²) in [6, 6.07) is 17.8. The van der Waals surface area contributed by atoms with Gasteiger partial charge in [0.2, 0.25) is 0 Å². The summed E-state index contributed by atoms with van der Waals surface area (Å²) >= 11 is 1.72. The van der Waals surface area contributed by atoms with Gasteiger partial charge in [-0.15, -0.1) is 11.8 Å². The molecule has 0 fully saturated rings. The van der Waals surface area contributed by atoms with Crippen LogP contribution in [0.15, 0.2) is 64.5 Å². The molecule has 0 unspecified atom stereocenters. The molecule has 0 aliphatic carbocycles. The molecule has 152 valence electrons. The lowest BCUT2D eigenvalue weighted by Crippen LogP contribution is -2.39. The number of guanidine groups is 1. The number of hydrogen-bond donors (Lipinski definition) is 1. The molecule has 0 bridgehead atoms. The van der Waals surface area contributed by atoms with Gasteiger partial charge < -0.3 is 10.2 Å². The Bertz CT molecular complexity index is 851. The summed E-state index contributed by atoms with van der Waals surface area (Å²) in [4.78, 5) is 7.57. The summed E-state index contributed by atoms with van der Waals surface area (Å²) < 4.78 is 24.5. The van der Waals surface area contributed by atoms with Crippen LogP contribution in [0.1, 0.15) is 17.5 Å². The van der Waals surface area contributed by atoms with Crippen LogP contribution in [0.5, 0.6) is 0 Å². The Morgan fingerprint density at radius 3 is 2.36 bits per heavy atom. The molecule has 1 N–H and O–H groups in total. The summed E-state index contributed by atoms with van der Waals surface area (Å²) in [7, 11) is 0.604. The van der Waals surface area contributed by atoms with Gasteiger partial charge >= 0.3 is 0 Å². The summed E-state index contributed by atoms with van der Waals surface area (Å²) in [5.41, 5.74) is 2.03. The molecule has 0 aliphatic heterocycles. The minimum absolute atomic E-state index is 0.0918. The molecule has 2 aromatic carbocycles. The second-order valence-corrected chi connectivity index (χ2v) is 9.67. The third kappa shape index (κ3) is 7.56. The van der Waals surface area contributed by atoms with E-state index in [-0.39, 0.29) is 11.5 Å². The lowest BCUT2D eigenvalue weighted by atomic mass is 10.2. The van der Waals surface area contributed by atoms with E-state index >= 15 is 0 Å². The van der Waals surface area contributed by atoms with Crippen molar-refractivity contribution in [3.63, 3.8) is 0 Å². The predicted molar refractivity (Wildman–Crippen MR) is 120 cm³/mol. The SMILES string of the molecule is CN=C(NCCCS(=O)(=O)Cc1ccccc1)N(C)Cc1ccc(SC)cc1. The number of sulfone groups is 1. The largest absolute Gasteiger partial charge is 0.356 e. The second-order valence-electron chi connectivity index (χ2n) is 6.61. The molecule has 0 saturated carbocycles. The first-order valence-corrected chi connectivity index (χ1v) is 12.3. The average molecular weight is 420 g/mol. The van der Waals surface area contributed by atoms with Gasteiger partial charge in [0.05, 0.1) is 11.5 Å². The number of nitrogens with one attached hydrogen (secondary N) is 1. The van der Waals surface area contributed by atoms with Crippen LogP contribution in [0.4, 0.5) is 0 Å². The summed E-state index contributed by atoms with van der Waals surface area (Å²) in [6.07, 6.45) is 2.61. The normalized spacial score (nSPS) is 12.0. The molecule has 0 amide bonds. The van der Waals surface area contributed by atoms with E-state index in [9.17, 15) is 8.42 Å². The second kappa shape index (κ2) is 11.1. The maximum absolute atomic E-state index is 12.3. The summed E-state index contributed by atoms with van der Waals surface area (Å²) in [5.74, 6) is 1.01. The Hall–Kier alpha value is -1.99. The number of aliphatic imine (C=N–C) groups is 1. The molecule has 0 aliphatic rings. The topological polar surface area (TPSA) is 61.8 Å². The van der Waals surface area contributed by atoms with Gasteiger partial charge in [0, 0.05) is 32.1 Å². The lowest BCUT2D eigenvalue weighted by molar-refractivity contribution is 0.476. The van der Waals surface area contributed by atoms with Crippen LogP contribution in [-0.2, 0) is 22.1 Å². The molecule has 0 spiro atoms. The molecule has 2 rings (SSSR count). The predicted octanol–water partition coefficient (Wildman–Crippen LogP) is 3.42. The highest BCUT2D eigenvalue weighted by atomic mass is 32.2. The summed E-state index contributed by atoms with van der Waals surface area (Å²) in [5, 5.41) is 3.26. The van der Waals surface area contributed by atoms with Crippen molar-refractivity contribution in [3.05, 3.63) is 65.7 Å². The van der Waals surface area contributed by atoms with Gasteiger partial charge in [-0.1, -0.05) is 42.5 Å². The highest BCUT2D eigenvalue weighted by Crippen LogP contribution is 2.15. The van der Waals surface area contributed by atoms with Gasteiger partial charge in [-0.05, 0) is 35.9 Å². The minimum Gasteiger partial charge on any atom is -0.356 e. The van der Waals surface area contributed by atoms with E-state index < -0.39 is 9.84 Å². The van der Waals surface area contributed by atoms with Gasteiger partial charge in [0.1, 0.15) is 0 Å². The van der Waals surface area contributed by atoms with Crippen molar-refractivity contribution in [1.82, 2.24) is 10.2 Å². The molecule has 0 saturated heterocycles. The zero-order valence-electron chi connectivity index (χ0n) is 16.8. The Labute approximate surface area is 173 Å². The maximum Gasteiger partial charge on any atom is 0.193 e. The van der Waals surface area contributed by atoms with E-state index in [0.29, 0.717) is 13.0 Å². The van der Waals surface area contributed by atoms with E-state index in [1.165, 1.54) is 10.5 Å². The van der Waals surface area contributed by atoms with E-state index in [4.69, 9.17) is 0 Å². The molecule has 28 heavy (non-hydrogen) atoms. The van der Waals surface area contributed by atoms with Crippen LogP contribution >= 0.6 is 11.8 Å². The van der Waals surface area contributed by atoms with E-state index in [2.05, 4.69) is 40.8 Å². The van der Waals surface area contributed by atoms with Crippen LogP contribution in [0.2, 0.25) is 0 Å². The van der Waals surface area contributed by atoms with Crippen molar-refractivity contribution in [1.29, 1.82) is 0 Å². The Morgan fingerprint density at radius 2 is 1.75 bits per heavy atom. The molecule has 7 heteroatoms. The van der Waals surface area contributed by atoms with Crippen LogP contribution in [0.25, 0.3) is 0 Å². The zero-order valence-corrected chi connectivity index (χ0v) is 18.4. The van der Waals surface area contributed by atoms with E-state index in [0.717, 1.165) is 18.1 Å². The molecule has 5 nitrogen and oxygen atoms in total. The third-order valence-electron chi connectivity index (χ3n) is 4.30. The third-order valence-corrected chi connectivity index (χ3v) is 6.72. The molecule has 0 heterocycles. The fourth-order valence-electron chi connectivity index (χ4n) is 2.86. The monoisotopic (exact) mass is 419 g/mol. The minimum atomic E-state index is -3.11. The van der Waals surface area contributed by atoms with Gasteiger partial charge in [0.25, 0.3) is 0 Å². The summed E-state index contributed by atoms with van der Waals surface area (Å²) in [6.45, 7) is 1.30. The Morgan fingerprint density at radius 1 is 1.07 bits per heavy atom.